The lowest BCUT2D eigenvalue weighted by molar-refractivity contribution is 0.358. The van der Waals surface area contributed by atoms with Crippen molar-refractivity contribution in [3.05, 3.63) is 35.4 Å². The Morgan fingerprint density at radius 1 is 1.19 bits per heavy atom. The first-order valence-corrected chi connectivity index (χ1v) is 7.28. The van der Waals surface area contributed by atoms with Gasteiger partial charge in [-0.1, -0.05) is 29.8 Å². The lowest BCUT2D eigenvalue weighted by Crippen LogP contribution is -2.28. The Bertz CT molecular complexity index is 314. The lowest BCUT2D eigenvalue weighted by Gasteiger charge is -2.30. The highest BCUT2D eigenvalue weighted by molar-refractivity contribution is 7.99. The van der Waals surface area contributed by atoms with E-state index in [-0.39, 0.29) is 0 Å². The second-order valence-electron chi connectivity index (χ2n) is 4.63. The van der Waals surface area contributed by atoms with Gasteiger partial charge in [-0.25, -0.2) is 0 Å². The fourth-order valence-corrected chi connectivity index (χ4v) is 3.64. The van der Waals surface area contributed by atoms with E-state index in [1.165, 1.54) is 35.5 Å². The van der Waals surface area contributed by atoms with Gasteiger partial charge >= 0.3 is 0 Å². The molecule has 0 spiro atoms. The van der Waals surface area contributed by atoms with Crippen LogP contribution < -0.4 is 5.32 Å². The van der Waals surface area contributed by atoms with E-state index < -0.39 is 0 Å². The van der Waals surface area contributed by atoms with Gasteiger partial charge in [-0.3, -0.25) is 0 Å². The summed E-state index contributed by atoms with van der Waals surface area (Å²) in [5.74, 6) is 3.47. The maximum atomic E-state index is 3.50. The molecule has 1 aliphatic heterocycles. The summed E-state index contributed by atoms with van der Waals surface area (Å²) < 4.78 is 0. The number of aryl methyl sites for hydroxylation is 1. The molecule has 1 atom stereocenters. The normalized spacial score (nSPS) is 19.6. The minimum Gasteiger partial charge on any atom is -0.313 e. The van der Waals surface area contributed by atoms with Gasteiger partial charge in [-0.05, 0) is 49.8 Å². The Morgan fingerprint density at radius 2 is 1.81 bits per heavy atom. The maximum Gasteiger partial charge on any atom is 0.0346 e. The third kappa shape index (κ3) is 2.80. The summed E-state index contributed by atoms with van der Waals surface area (Å²) in [5, 5.41) is 3.50. The van der Waals surface area contributed by atoms with E-state index in [4.69, 9.17) is 0 Å². The monoisotopic (exact) mass is 235 g/mol. The molecule has 1 aromatic rings. The number of thioether (sulfide) groups is 1. The molecule has 1 heterocycles. The molecule has 16 heavy (non-hydrogen) atoms. The molecule has 1 aromatic carbocycles. The number of hydrogen-bond donors (Lipinski definition) is 1. The number of nitrogens with one attached hydrogen (secondary N) is 1. The summed E-state index contributed by atoms with van der Waals surface area (Å²) in [6.07, 6.45) is 2.70. The third-order valence-electron chi connectivity index (χ3n) is 3.48. The molecule has 0 aromatic heterocycles. The fraction of sp³-hybridized carbons (Fsp3) is 0.571. The number of benzene rings is 1. The van der Waals surface area contributed by atoms with Crippen molar-refractivity contribution < 1.29 is 0 Å². The van der Waals surface area contributed by atoms with Crippen LogP contribution in [0.2, 0.25) is 0 Å². The summed E-state index contributed by atoms with van der Waals surface area (Å²) in [5.41, 5.74) is 2.79. The molecule has 2 heteroatoms. The van der Waals surface area contributed by atoms with Crippen LogP contribution >= 0.6 is 11.8 Å². The molecule has 2 rings (SSSR count). The zero-order valence-corrected chi connectivity index (χ0v) is 11.0. The van der Waals surface area contributed by atoms with Crippen molar-refractivity contribution in [1.82, 2.24) is 5.32 Å². The van der Waals surface area contributed by atoms with Crippen molar-refractivity contribution in [2.45, 2.75) is 25.8 Å². The molecular formula is C14H21NS. The average molecular weight is 235 g/mol. The fourth-order valence-electron chi connectivity index (χ4n) is 2.50. The molecule has 0 amide bonds. The van der Waals surface area contributed by atoms with Crippen molar-refractivity contribution in [2.75, 3.05) is 18.6 Å². The summed E-state index contributed by atoms with van der Waals surface area (Å²) in [6.45, 7) is 2.15. The van der Waals surface area contributed by atoms with Crippen molar-refractivity contribution in [1.29, 1.82) is 0 Å². The van der Waals surface area contributed by atoms with Crippen LogP contribution in [0.1, 0.15) is 30.0 Å². The van der Waals surface area contributed by atoms with Crippen molar-refractivity contribution in [3.63, 3.8) is 0 Å². The molecule has 0 radical (unpaired) electrons. The quantitative estimate of drug-likeness (QED) is 0.862. The lowest BCUT2D eigenvalue weighted by atomic mass is 9.88. The van der Waals surface area contributed by atoms with Gasteiger partial charge in [-0.15, -0.1) is 0 Å². The third-order valence-corrected chi connectivity index (χ3v) is 4.53. The zero-order valence-electron chi connectivity index (χ0n) is 10.2. The highest BCUT2D eigenvalue weighted by Crippen LogP contribution is 2.33. The van der Waals surface area contributed by atoms with Gasteiger partial charge in [0.25, 0.3) is 0 Å². The first-order valence-electron chi connectivity index (χ1n) is 6.13. The number of rotatable bonds is 3. The van der Waals surface area contributed by atoms with Crippen molar-refractivity contribution in [2.24, 2.45) is 5.92 Å². The van der Waals surface area contributed by atoms with Gasteiger partial charge < -0.3 is 5.32 Å². The molecule has 0 aliphatic carbocycles. The second-order valence-corrected chi connectivity index (χ2v) is 5.85. The molecule has 0 saturated carbocycles. The molecule has 1 unspecified atom stereocenters. The van der Waals surface area contributed by atoms with Crippen LogP contribution in [0.4, 0.5) is 0 Å². The first-order chi connectivity index (χ1) is 7.81. The second kappa shape index (κ2) is 5.74. The summed E-state index contributed by atoms with van der Waals surface area (Å²) in [6, 6.07) is 9.53. The van der Waals surface area contributed by atoms with Crippen LogP contribution in [-0.4, -0.2) is 18.6 Å². The predicted octanol–water partition coefficient (Wildman–Crippen LogP) is 3.40. The zero-order chi connectivity index (χ0) is 11.4. The van der Waals surface area contributed by atoms with E-state index in [1.54, 1.807) is 0 Å². The van der Waals surface area contributed by atoms with Gasteiger partial charge in [-0.2, -0.15) is 11.8 Å². The molecular weight excluding hydrogens is 214 g/mol. The Balaban J connectivity index is 2.11. The highest BCUT2D eigenvalue weighted by Gasteiger charge is 2.23. The topological polar surface area (TPSA) is 12.0 Å². The molecule has 1 aliphatic rings. The Morgan fingerprint density at radius 3 is 2.38 bits per heavy atom. The van der Waals surface area contributed by atoms with E-state index in [1.807, 2.05) is 0 Å². The van der Waals surface area contributed by atoms with E-state index >= 15 is 0 Å². The predicted molar refractivity (Wildman–Crippen MR) is 73.0 cm³/mol. The van der Waals surface area contributed by atoms with Crippen molar-refractivity contribution >= 4 is 11.8 Å². The van der Waals surface area contributed by atoms with Crippen LogP contribution in [0, 0.1) is 12.8 Å². The van der Waals surface area contributed by atoms with E-state index in [9.17, 15) is 0 Å². The molecule has 1 saturated heterocycles. The van der Waals surface area contributed by atoms with Crippen LogP contribution in [0.3, 0.4) is 0 Å². The highest BCUT2D eigenvalue weighted by atomic mass is 32.2. The van der Waals surface area contributed by atoms with Gasteiger partial charge in [0.15, 0.2) is 0 Å². The standard InChI is InChI=1S/C14H21NS/c1-11-3-5-12(6-4-11)14(15-2)13-7-9-16-10-8-13/h3-6,13-15H,7-10H2,1-2H3. The van der Waals surface area contributed by atoms with Crippen LogP contribution in [-0.2, 0) is 0 Å². The van der Waals surface area contributed by atoms with E-state index in [2.05, 4.69) is 55.3 Å². The average Bonchev–Trinajstić information content (AvgIpc) is 2.34. The van der Waals surface area contributed by atoms with Gasteiger partial charge in [0, 0.05) is 6.04 Å². The van der Waals surface area contributed by atoms with E-state index in [0.29, 0.717) is 6.04 Å². The minimum atomic E-state index is 0.543. The molecule has 1 nitrogen and oxygen atoms in total. The van der Waals surface area contributed by atoms with Gasteiger partial charge in [0.1, 0.15) is 0 Å². The largest absolute Gasteiger partial charge is 0.313 e. The van der Waals surface area contributed by atoms with Gasteiger partial charge in [0.2, 0.25) is 0 Å². The Hall–Kier alpha value is -0.470. The Labute approximate surface area is 103 Å². The molecule has 0 bridgehead atoms. The molecule has 88 valence electrons. The number of hydrogen-bond acceptors (Lipinski definition) is 2. The van der Waals surface area contributed by atoms with Crippen LogP contribution in [0.25, 0.3) is 0 Å². The van der Waals surface area contributed by atoms with Crippen LogP contribution in [0.5, 0.6) is 0 Å². The summed E-state index contributed by atoms with van der Waals surface area (Å²) in [4.78, 5) is 0. The molecule has 1 N–H and O–H groups in total. The first kappa shape index (κ1) is 12.0. The smallest absolute Gasteiger partial charge is 0.0346 e. The SMILES string of the molecule is CNC(c1ccc(C)cc1)C1CCSCC1. The van der Waals surface area contributed by atoms with Crippen molar-refractivity contribution in [3.8, 4) is 0 Å². The Kier molecular flexibility index (Phi) is 4.30. The van der Waals surface area contributed by atoms with Gasteiger partial charge in [0.05, 0.1) is 0 Å². The summed E-state index contributed by atoms with van der Waals surface area (Å²) >= 11 is 2.10. The van der Waals surface area contributed by atoms with Crippen LogP contribution in [0.15, 0.2) is 24.3 Å². The summed E-state index contributed by atoms with van der Waals surface area (Å²) in [7, 11) is 2.09. The van der Waals surface area contributed by atoms with E-state index in [0.717, 1.165) is 5.92 Å². The maximum absolute atomic E-state index is 3.50. The minimum absolute atomic E-state index is 0.543. The molecule has 1 fully saturated rings.